The van der Waals surface area contributed by atoms with E-state index in [-0.39, 0.29) is 11.3 Å². The lowest BCUT2D eigenvalue weighted by molar-refractivity contribution is -0.135. The number of nitrogens with two attached hydrogens (primary N) is 1. The molecule has 0 radical (unpaired) electrons. The van der Waals surface area contributed by atoms with Crippen molar-refractivity contribution in [1.82, 2.24) is 4.90 Å². The molecule has 0 bridgehead atoms. The van der Waals surface area contributed by atoms with Crippen molar-refractivity contribution < 1.29 is 4.79 Å². The van der Waals surface area contributed by atoms with Gasteiger partial charge in [-0.15, -0.1) is 11.8 Å². The quantitative estimate of drug-likeness (QED) is 0.827. The molecule has 0 saturated carbocycles. The van der Waals surface area contributed by atoms with Gasteiger partial charge in [-0.05, 0) is 18.8 Å². The van der Waals surface area contributed by atoms with Gasteiger partial charge in [-0.1, -0.05) is 6.92 Å². The Labute approximate surface area is 112 Å². The van der Waals surface area contributed by atoms with Crippen LogP contribution in [0.4, 0.5) is 0 Å². The van der Waals surface area contributed by atoms with Crippen molar-refractivity contribution in [3.05, 3.63) is 0 Å². The molecule has 2 fully saturated rings. The first-order chi connectivity index (χ1) is 8.24. The summed E-state index contributed by atoms with van der Waals surface area (Å²) in [5.74, 6) is 4.16. The number of likely N-dealkylation sites (tertiary alicyclic amines) is 1. The summed E-state index contributed by atoms with van der Waals surface area (Å²) in [6, 6.07) is 0.267. The van der Waals surface area contributed by atoms with E-state index >= 15 is 0 Å². The summed E-state index contributed by atoms with van der Waals surface area (Å²) >= 11 is 3.73. The molecule has 0 unspecified atom stereocenters. The first-order valence-electron chi connectivity index (χ1n) is 6.44. The lowest BCUT2D eigenvalue weighted by Crippen LogP contribution is -2.54. The molecule has 0 aromatic carbocycles. The van der Waals surface area contributed by atoms with Crippen molar-refractivity contribution in [3.63, 3.8) is 0 Å². The Morgan fingerprint density at radius 2 is 2.29 bits per heavy atom. The van der Waals surface area contributed by atoms with Crippen LogP contribution in [0.5, 0.6) is 0 Å². The highest BCUT2D eigenvalue weighted by atomic mass is 32.2. The lowest BCUT2D eigenvalue weighted by Gasteiger charge is -2.41. The van der Waals surface area contributed by atoms with Crippen molar-refractivity contribution in [1.29, 1.82) is 0 Å². The average molecular weight is 274 g/mol. The maximum atomic E-state index is 12.5. The molecule has 2 heterocycles. The van der Waals surface area contributed by atoms with Gasteiger partial charge >= 0.3 is 0 Å². The summed E-state index contributed by atoms with van der Waals surface area (Å²) in [5.41, 5.74) is 5.85. The first-order valence-corrected chi connectivity index (χ1v) is 8.64. The van der Waals surface area contributed by atoms with E-state index in [0.29, 0.717) is 18.4 Å². The smallest absolute Gasteiger partial charge is 0.236 e. The van der Waals surface area contributed by atoms with Crippen LogP contribution in [-0.2, 0) is 4.79 Å². The van der Waals surface area contributed by atoms with Gasteiger partial charge in [0.2, 0.25) is 5.91 Å². The van der Waals surface area contributed by atoms with E-state index in [0.717, 1.165) is 24.5 Å². The third-order valence-electron chi connectivity index (χ3n) is 3.73. The van der Waals surface area contributed by atoms with Gasteiger partial charge in [0.05, 0.1) is 5.25 Å². The molecule has 1 amide bonds. The van der Waals surface area contributed by atoms with E-state index < -0.39 is 0 Å². The molecule has 5 heteroatoms. The molecule has 0 aromatic rings. The number of carbonyl (C=O) groups excluding carboxylic acids is 1. The van der Waals surface area contributed by atoms with Crippen LogP contribution in [0.1, 0.15) is 19.8 Å². The molecule has 2 rings (SSSR count). The van der Waals surface area contributed by atoms with Gasteiger partial charge in [0, 0.05) is 36.4 Å². The van der Waals surface area contributed by atoms with Crippen LogP contribution in [0.3, 0.4) is 0 Å². The zero-order valence-corrected chi connectivity index (χ0v) is 12.1. The van der Waals surface area contributed by atoms with Crippen LogP contribution in [0.15, 0.2) is 0 Å². The van der Waals surface area contributed by atoms with Crippen LogP contribution in [0.2, 0.25) is 0 Å². The number of hydrogen-bond donors (Lipinski definition) is 1. The normalized spacial score (nSPS) is 34.7. The molecule has 0 spiro atoms. The Balaban J connectivity index is 2.00. The second-order valence-electron chi connectivity index (χ2n) is 4.89. The van der Waals surface area contributed by atoms with Crippen molar-refractivity contribution in [3.8, 4) is 0 Å². The summed E-state index contributed by atoms with van der Waals surface area (Å²) < 4.78 is 0. The minimum atomic E-state index is 0.174. The summed E-state index contributed by atoms with van der Waals surface area (Å²) in [6.45, 7) is 3.74. The highest BCUT2D eigenvalue weighted by molar-refractivity contribution is 8.07. The molecule has 17 heavy (non-hydrogen) atoms. The predicted molar refractivity (Wildman–Crippen MR) is 76.5 cm³/mol. The van der Waals surface area contributed by atoms with Crippen molar-refractivity contribution >= 4 is 29.4 Å². The van der Waals surface area contributed by atoms with Crippen LogP contribution in [0, 0.1) is 5.92 Å². The highest BCUT2D eigenvalue weighted by Gasteiger charge is 2.35. The van der Waals surface area contributed by atoms with Crippen molar-refractivity contribution in [2.45, 2.75) is 31.1 Å². The average Bonchev–Trinajstić information content (AvgIpc) is 2.38. The fourth-order valence-corrected chi connectivity index (χ4v) is 5.31. The van der Waals surface area contributed by atoms with E-state index in [4.69, 9.17) is 5.73 Å². The molecule has 98 valence electrons. The maximum Gasteiger partial charge on any atom is 0.236 e. The molecular formula is C12H22N2OS2. The molecule has 2 aliphatic heterocycles. The molecule has 2 aliphatic rings. The van der Waals surface area contributed by atoms with E-state index in [9.17, 15) is 4.79 Å². The van der Waals surface area contributed by atoms with Gasteiger partial charge in [-0.25, -0.2) is 0 Å². The number of rotatable bonds is 2. The summed E-state index contributed by atoms with van der Waals surface area (Å²) in [5, 5.41) is 0.174. The number of thioether (sulfide) groups is 2. The Kier molecular flexibility index (Phi) is 5.06. The Morgan fingerprint density at radius 1 is 1.47 bits per heavy atom. The van der Waals surface area contributed by atoms with Crippen molar-refractivity contribution in [2.75, 3.05) is 30.3 Å². The van der Waals surface area contributed by atoms with E-state index in [1.807, 2.05) is 23.5 Å². The number of carbonyl (C=O) groups is 1. The molecule has 0 aliphatic carbocycles. The van der Waals surface area contributed by atoms with Gasteiger partial charge in [0.15, 0.2) is 0 Å². The Bertz CT molecular complexity index is 269. The van der Waals surface area contributed by atoms with Crippen LogP contribution in [-0.4, -0.2) is 52.4 Å². The topological polar surface area (TPSA) is 46.3 Å². The third kappa shape index (κ3) is 3.12. The van der Waals surface area contributed by atoms with Crippen LogP contribution in [0.25, 0.3) is 0 Å². The molecule has 2 N–H and O–H groups in total. The van der Waals surface area contributed by atoms with Gasteiger partial charge in [-0.3, -0.25) is 4.79 Å². The summed E-state index contributed by atoms with van der Waals surface area (Å²) in [4.78, 5) is 14.6. The van der Waals surface area contributed by atoms with Crippen molar-refractivity contribution in [2.24, 2.45) is 11.7 Å². The van der Waals surface area contributed by atoms with Gasteiger partial charge in [0.25, 0.3) is 0 Å². The number of nitrogens with zero attached hydrogens (tertiary/aromatic N) is 1. The van der Waals surface area contributed by atoms with E-state index in [2.05, 4.69) is 11.8 Å². The standard InChI is InChI=1S/C12H22N2OS2/c1-9-3-2-4-14(10(9)7-13)12(15)11-8-16-5-6-17-11/h9-11H,2-8,13H2,1H3/t9-,10+,11+/m1/s1. The summed E-state index contributed by atoms with van der Waals surface area (Å²) in [7, 11) is 0. The van der Waals surface area contributed by atoms with Gasteiger partial charge < -0.3 is 10.6 Å². The molecule has 3 atom stereocenters. The second kappa shape index (κ2) is 6.34. The van der Waals surface area contributed by atoms with E-state index in [1.54, 1.807) is 0 Å². The molecular weight excluding hydrogens is 252 g/mol. The zero-order chi connectivity index (χ0) is 12.3. The molecule has 3 nitrogen and oxygen atoms in total. The molecule has 2 saturated heterocycles. The zero-order valence-electron chi connectivity index (χ0n) is 10.4. The summed E-state index contributed by atoms with van der Waals surface area (Å²) in [6.07, 6.45) is 2.34. The first kappa shape index (κ1) is 13.6. The highest BCUT2D eigenvalue weighted by Crippen LogP contribution is 2.29. The predicted octanol–water partition coefficient (Wildman–Crippen LogP) is 1.42. The van der Waals surface area contributed by atoms with Crippen LogP contribution >= 0.6 is 23.5 Å². The van der Waals surface area contributed by atoms with Gasteiger partial charge in [0.1, 0.15) is 0 Å². The Morgan fingerprint density at radius 3 is 2.94 bits per heavy atom. The third-order valence-corrected chi connectivity index (χ3v) is 6.47. The number of amides is 1. The van der Waals surface area contributed by atoms with Gasteiger partial charge in [-0.2, -0.15) is 11.8 Å². The lowest BCUT2D eigenvalue weighted by atomic mass is 9.90. The SMILES string of the molecule is C[C@@H]1CCCN(C(=O)[C@@H]2CSCCS2)[C@H]1CN. The fourth-order valence-electron chi connectivity index (χ4n) is 2.70. The second-order valence-corrected chi connectivity index (χ2v) is 7.35. The van der Waals surface area contributed by atoms with Crippen LogP contribution < -0.4 is 5.73 Å². The monoisotopic (exact) mass is 274 g/mol. The maximum absolute atomic E-state index is 12.5. The fraction of sp³-hybridized carbons (Fsp3) is 0.917. The molecule has 0 aromatic heterocycles. The minimum absolute atomic E-state index is 0.174. The minimum Gasteiger partial charge on any atom is -0.337 e. The number of piperidine rings is 1. The number of hydrogen-bond acceptors (Lipinski definition) is 4. The Hall–Kier alpha value is 0.130. The van der Waals surface area contributed by atoms with E-state index in [1.165, 1.54) is 12.2 Å². The largest absolute Gasteiger partial charge is 0.337 e.